The molecule has 0 radical (unpaired) electrons. The first-order chi connectivity index (χ1) is 14.5. The Morgan fingerprint density at radius 2 is 1.73 bits per heavy atom. The van der Waals surface area contributed by atoms with E-state index >= 15 is 0 Å². The summed E-state index contributed by atoms with van der Waals surface area (Å²) in [4.78, 5) is 10.8. The largest absolute Gasteiger partial charge is 0.497 e. The maximum atomic E-state index is 13.5. The van der Waals surface area contributed by atoms with Gasteiger partial charge in [-0.1, -0.05) is 42.5 Å². The Bertz CT molecular complexity index is 1070. The van der Waals surface area contributed by atoms with E-state index in [0.717, 1.165) is 41.4 Å². The number of rotatable bonds is 5. The van der Waals surface area contributed by atoms with E-state index in [2.05, 4.69) is 24.3 Å². The number of fused-ring (bicyclic) bond motifs is 1. The third-order valence-electron chi connectivity index (χ3n) is 5.82. The first-order valence-corrected chi connectivity index (χ1v) is 9.98. The molecule has 0 unspecified atom stereocenters. The van der Waals surface area contributed by atoms with E-state index in [1.54, 1.807) is 13.2 Å². The van der Waals surface area contributed by atoms with Crippen molar-refractivity contribution in [1.82, 2.24) is 0 Å². The molecule has 152 valence electrons. The van der Waals surface area contributed by atoms with Gasteiger partial charge in [-0.2, -0.15) is 0 Å². The van der Waals surface area contributed by atoms with Crippen LogP contribution in [0.15, 0.2) is 72.8 Å². The van der Waals surface area contributed by atoms with Crippen LogP contribution in [0, 0.1) is 5.82 Å². The second-order valence-corrected chi connectivity index (χ2v) is 7.58. The van der Waals surface area contributed by atoms with Gasteiger partial charge in [0.15, 0.2) is 0 Å². The summed E-state index contributed by atoms with van der Waals surface area (Å²) in [6, 6.07) is 21.0. The smallest absolute Gasteiger partial charge is 0.328 e. The number of aryl methyl sites for hydroxylation is 1. The molecule has 3 nitrogen and oxygen atoms in total. The SMILES string of the molecule is COc1ccc2c(c1)CC[C@H](c1ccc(F)cc1)[C@@H]2c1ccc(C=CC(=O)O)cc1. The molecule has 3 aromatic carbocycles. The lowest BCUT2D eigenvalue weighted by atomic mass is 9.69. The molecule has 0 fully saturated rings. The van der Waals surface area contributed by atoms with Crippen LogP contribution in [-0.4, -0.2) is 18.2 Å². The maximum absolute atomic E-state index is 13.5. The van der Waals surface area contributed by atoms with Crippen LogP contribution in [0.25, 0.3) is 6.08 Å². The summed E-state index contributed by atoms with van der Waals surface area (Å²) >= 11 is 0. The normalized spacial score (nSPS) is 18.2. The minimum Gasteiger partial charge on any atom is -0.497 e. The molecule has 4 rings (SSSR count). The van der Waals surface area contributed by atoms with Crippen molar-refractivity contribution in [3.8, 4) is 5.75 Å². The van der Waals surface area contributed by atoms with Gasteiger partial charge in [0.2, 0.25) is 0 Å². The highest BCUT2D eigenvalue weighted by Crippen LogP contribution is 2.47. The van der Waals surface area contributed by atoms with Gasteiger partial charge in [0.05, 0.1) is 7.11 Å². The number of halogens is 1. The van der Waals surface area contributed by atoms with Gasteiger partial charge < -0.3 is 9.84 Å². The van der Waals surface area contributed by atoms with Crippen LogP contribution in [0.5, 0.6) is 5.75 Å². The highest BCUT2D eigenvalue weighted by molar-refractivity contribution is 5.85. The summed E-state index contributed by atoms with van der Waals surface area (Å²) in [5.41, 5.74) is 5.64. The number of ether oxygens (including phenoxy) is 1. The lowest BCUT2D eigenvalue weighted by Gasteiger charge is -2.35. The molecular weight excluding hydrogens is 379 g/mol. The minimum atomic E-state index is -0.967. The van der Waals surface area contributed by atoms with Gasteiger partial charge in [0, 0.05) is 12.0 Å². The average molecular weight is 402 g/mol. The Kier molecular flexibility index (Phi) is 5.66. The van der Waals surface area contributed by atoms with E-state index in [-0.39, 0.29) is 17.7 Å². The van der Waals surface area contributed by atoms with Crippen LogP contribution in [-0.2, 0) is 11.2 Å². The van der Waals surface area contributed by atoms with Crippen molar-refractivity contribution in [3.63, 3.8) is 0 Å². The summed E-state index contributed by atoms with van der Waals surface area (Å²) in [5.74, 6) is 0.00726. The van der Waals surface area contributed by atoms with Crippen molar-refractivity contribution in [2.45, 2.75) is 24.7 Å². The lowest BCUT2D eigenvalue weighted by molar-refractivity contribution is -0.131. The molecule has 0 aliphatic heterocycles. The minimum absolute atomic E-state index is 0.127. The van der Waals surface area contributed by atoms with Crippen LogP contribution in [0.1, 0.15) is 46.1 Å². The zero-order chi connectivity index (χ0) is 21.1. The van der Waals surface area contributed by atoms with Crippen LogP contribution in [0.3, 0.4) is 0 Å². The third kappa shape index (κ3) is 4.13. The molecule has 30 heavy (non-hydrogen) atoms. The zero-order valence-electron chi connectivity index (χ0n) is 16.7. The lowest BCUT2D eigenvalue weighted by Crippen LogP contribution is -2.20. The Balaban J connectivity index is 1.76. The highest BCUT2D eigenvalue weighted by atomic mass is 19.1. The number of methoxy groups -OCH3 is 1. The summed E-state index contributed by atoms with van der Waals surface area (Å²) in [5, 5.41) is 8.84. The Morgan fingerprint density at radius 1 is 1.03 bits per heavy atom. The maximum Gasteiger partial charge on any atom is 0.328 e. The molecule has 0 saturated heterocycles. The van der Waals surface area contributed by atoms with Gasteiger partial charge in [-0.05, 0) is 76.9 Å². The van der Waals surface area contributed by atoms with Crippen molar-refractivity contribution < 1.29 is 19.0 Å². The van der Waals surface area contributed by atoms with E-state index in [9.17, 15) is 9.18 Å². The van der Waals surface area contributed by atoms with E-state index < -0.39 is 5.97 Å². The molecule has 0 aromatic heterocycles. The Labute approximate surface area is 175 Å². The molecule has 4 heteroatoms. The number of hydrogen-bond donors (Lipinski definition) is 1. The number of carboxylic acids is 1. The molecule has 1 aliphatic carbocycles. The third-order valence-corrected chi connectivity index (χ3v) is 5.82. The number of benzene rings is 3. The molecule has 0 saturated carbocycles. The van der Waals surface area contributed by atoms with Crippen molar-refractivity contribution in [2.24, 2.45) is 0 Å². The predicted octanol–water partition coefficient (Wildman–Crippen LogP) is 5.79. The average Bonchev–Trinajstić information content (AvgIpc) is 2.77. The van der Waals surface area contributed by atoms with E-state index in [1.165, 1.54) is 23.3 Å². The zero-order valence-corrected chi connectivity index (χ0v) is 16.7. The summed E-state index contributed by atoms with van der Waals surface area (Å²) in [6.07, 6.45) is 4.61. The fraction of sp³-hybridized carbons (Fsp3) is 0.192. The molecule has 0 heterocycles. The number of aliphatic carboxylic acids is 1. The molecule has 0 amide bonds. The highest BCUT2D eigenvalue weighted by Gasteiger charge is 2.32. The molecule has 2 atom stereocenters. The first kappa shape index (κ1) is 19.9. The van der Waals surface area contributed by atoms with Crippen LogP contribution in [0.4, 0.5) is 4.39 Å². The summed E-state index contributed by atoms with van der Waals surface area (Å²) < 4.78 is 18.9. The number of carbonyl (C=O) groups is 1. The summed E-state index contributed by atoms with van der Waals surface area (Å²) in [6.45, 7) is 0. The predicted molar refractivity (Wildman–Crippen MR) is 115 cm³/mol. The van der Waals surface area contributed by atoms with E-state index in [1.807, 2.05) is 30.3 Å². The van der Waals surface area contributed by atoms with Crippen molar-refractivity contribution in [1.29, 1.82) is 0 Å². The molecule has 0 bridgehead atoms. The molecule has 1 aliphatic rings. The van der Waals surface area contributed by atoms with Crippen molar-refractivity contribution in [2.75, 3.05) is 7.11 Å². The summed E-state index contributed by atoms with van der Waals surface area (Å²) in [7, 11) is 1.67. The monoisotopic (exact) mass is 402 g/mol. The van der Waals surface area contributed by atoms with Crippen LogP contribution >= 0.6 is 0 Å². The molecule has 0 spiro atoms. The standard InChI is InChI=1S/C26H23FO3/c1-30-22-12-14-24-20(16-22)9-13-23(18-7-10-21(27)11-8-18)26(24)19-5-2-17(3-6-19)4-15-25(28)29/h2-8,10-12,14-16,23,26H,9,13H2,1H3,(H,28,29)/t23-,26+/m1/s1. The fourth-order valence-corrected chi connectivity index (χ4v) is 4.39. The van der Waals surface area contributed by atoms with Gasteiger partial charge in [-0.3, -0.25) is 0 Å². The molecule has 1 N–H and O–H groups in total. The van der Waals surface area contributed by atoms with Gasteiger partial charge in [-0.15, -0.1) is 0 Å². The fourth-order valence-electron chi connectivity index (χ4n) is 4.39. The van der Waals surface area contributed by atoms with Gasteiger partial charge in [-0.25, -0.2) is 9.18 Å². The first-order valence-electron chi connectivity index (χ1n) is 9.98. The topological polar surface area (TPSA) is 46.5 Å². The van der Waals surface area contributed by atoms with Gasteiger partial charge in [0.1, 0.15) is 11.6 Å². The molecule has 3 aromatic rings. The van der Waals surface area contributed by atoms with E-state index in [0.29, 0.717) is 0 Å². The van der Waals surface area contributed by atoms with Crippen molar-refractivity contribution >= 4 is 12.0 Å². The number of hydrogen-bond acceptors (Lipinski definition) is 2. The quantitative estimate of drug-likeness (QED) is 0.549. The second-order valence-electron chi connectivity index (χ2n) is 7.58. The molecular formula is C26H23FO3. The Hall–Kier alpha value is -3.40. The van der Waals surface area contributed by atoms with E-state index in [4.69, 9.17) is 9.84 Å². The van der Waals surface area contributed by atoms with Crippen LogP contribution < -0.4 is 4.74 Å². The number of carboxylic acid groups (broad SMARTS) is 1. The van der Waals surface area contributed by atoms with Crippen LogP contribution in [0.2, 0.25) is 0 Å². The van der Waals surface area contributed by atoms with Gasteiger partial charge in [0.25, 0.3) is 0 Å². The van der Waals surface area contributed by atoms with Crippen molar-refractivity contribution in [3.05, 3.63) is 106 Å². The van der Waals surface area contributed by atoms with Gasteiger partial charge >= 0.3 is 5.97 Å². The second kappa shape index (κ2) is 8.54. The Morgan fingerprint density at radius 3 is 2.40 bits per heavy atom.